The normalized spacial score (nSPS) is 40.7. The van der Waals surface area contributed by atoms with Gasteiger partial charge in [-0.2, -0.15) is 0 Å². The largest absolute Gasteiger partial charge is 0.465 e. The predicted molar refractivity (Wildman–Crippen MR) is 91.4 cm³/mol. The quantitative estimate of drug-likeness (QED) is 0.801. The number of aliphatic hydroxyl groups is 1. The zero-order valence-corrected chi connectivity index (χ0v) is 14.8. The average molecular weight is 355 g/mol. The predicted octanol–water partition coefficient (Wildman–Crippen LogP) is 1.39. The molecule has 4 fully saturated rings. The molecule has 142 valence electrons. The van der Waals surface area contributed by atoms with Gasteiger partial charge < -0.3 is 20.0 Å². The summed E-state index contributed by atoms with van der Waals surface area (Å²) in [5.41, 5.74) is 0.234. The fraction of sp³-hybridized carbons (Fsp3) is 0.944. The van der Waals surface area contributed by atoms with E-state index in [0.29, 0.717) is 38.1 Å². The first kappa shape index (κ1) is 17.5. The summed E-state index contributed by atoms with van der Waals surface area (Å²) in [6, 6.07) is 0.993. The second-order valence-corrected chi connectivity index (χ2v) is 8.65. The van der Waals surface area contributed by atoms with Crippen LogP contribution in [0.1, 0.15) is 38.5 Å². The lowest BCUT2D eigenvalue weighted by Gasteiger charge is -2.52. The Balaban J connectivity index is 1.25. The Morgan fingerprint density at radius 1 is 1.16 bits per heavy atom. The molecule has 6 nitrogen and oxygen atoms in total. The van der Waals surface area contributed by atoms with Crippen LogP contribution in [0, 0.1) is 5.41 Å². The summed E-state index contributed by atoms with van der Waals surface area (Å²) in [7, 11) is 0. The van der Waals surface area contributed by atoms with Crippen molar-refractivity contribution in [3.63, 3.8) is 0 Å². The van der Waals surface area contributed by atoms with Gasteiger partial charge in [0.2, 0.25) is 0 Å². The Hall–Kier alpha value is -0.920. The minimum atomic E-state index is -0.791. The van der Waals surface area contributed by atoms with Crippen LogP contribution in [0.25, 0.3) is 0 Å². The first-order valence-corrected chi connectivity index (χ1v) is 9.72. The third kappa shape index (κ3) is 3.26. The lowest BCUT2D eigenvalue weighted by molar-refractivity contribution is -0.0191. The molecule has 3 aliphatic heterocycles. The molecule has 25 heavy (non-hydrogen) atoms. The fourth-order valence-corrected chi connectivity index (χ4v) is 5.72. The average Bonchev–Trinajstić information content (AvgIpc) is 3.17. The molecule has 0 aromatic carbocycles. The molecule has 2 N–H and O–H groups in total. The number of aliphatic hydroxyl groups excluding tert-OH is 1. The van der Waals surface area contributed by atoms with Crippen molar-refractivity contribution in [3.8, 4) is 0 Å². The van der Waals surface area contributed by atoms with E-state index in [1.807, 2.05) is 0 Å². The van der Waals surface area contributed by atoms with E-state index in [4.69, 9.17) is 5.11 Å². The van der Waals surface area contributed by atoms with Gasteiger partial charge in [0.15, 0.2) is 0 Å². The smallest absolute Gasteiger partial charge is 0.407 e. The maximum atomic E-state index is 13.7. The highest BCUT2D eigenvalue weighted by Gasteiger charge is 2.51. The maximum Gasteiger partial charge on any atom is 0.407 e. The number of hydrogen-bond donors (Lipinski definition) is 2. The van der Waals surface area contributed by atoms with Gasteiger partial charge in [0.25, 0.3) is 0 Å². The van der Waals surface area contributed by atoms with Crippen molar-refractivity contribution < 1.29 is 19.4 Å². The third-order valence-electron chi connectivity index (χ3n) is 7.15. The Labute approximate surface area is 148 Å². The third-order valence-corrected chi connectivity index (χ3v) is 7.15. The van der Waals surface area contributed by atoms with Crippen molar-refractivity contribution in [1.29, 1.82) is 0 Å². The summed E-state index contributed by atoms with van der Waals surface area (Å²) in [5.74, 6) is 0. The molecule has 1 saturated carbocycles. The molecule has 1 amide bonds. The second-order valence-electron chi connectivity index (χ2n) is 8.65. The molecular weight excluding hydrogens is 325 g/mol. The lowest BCUT2D eigenvalue weighted by Crippen LogP contribution is -2.56. The SMILES string of the molecule is O=C(O)N1CCC2(CC(N3CCC(N4C[C@@H](F)C[C@@H]4CO)CC3)C2)C1. The van der Waals surface area contributed by atoms with Gasteiger partial charge in [-0.15, -0.1) is 0 Å². The number of nitrogens with zero attached hydrogens (tertiary/aromatic N) is 3. The van der Waals surface area contributed by atoms with E-state index in [1.165, 1.54) is 0 Å². The van der Waals surface area contributed by atoms with Crippen LogP contribution in [0.5, 0.6) is 0 Å². The molecule has 0 radical (unpaired) electrons. The zero-order valence-electron chi connectivity index (χ0n) is 14.8. The monoisotopic (exact) mass is 355 g/mol. The highest BCUT2D eigenvalue weighted by molar-refractivity contribution is 5.65. The number of rotatable bonds is 3. The topological polar surface area (TPSA) is 67.2 Å². The van der Waals surface area contributed by atoms with Crippen LogP contribution in [0.4, 0.5) is 9.18 Å². The molecule has 0 bridgehead atoms. The first-order chi connectivity index (χ1) is 12.0. The van der Waals surface area contributed by atoms with Crippen LogP contribution in [-0.4, -0.2) is 94.6 Å². The summed E-state index contributed by atoms with van der Waals surface area (Å²) < 4.78 is 13.7. The second kappa shape index (κ2) is 6.67. The number of piperidine rings is 1. The van der Waals surface area contributed by atoms with Gasteiger partial charge in [-0.3, -0.25) is 4.90 Å². The van der Waals surface area contributed by atoms with Gasteiger partial charge in [0.05, 0.1) is 6.61 Å². The van der Waals surface area contributed by atoms with Crippen molar-refractivity contribution in [2.24, 2.45) is 5.41 Å². The summed E-state index contributed by atoms with van der Waals surface area (Å²) in [6.07, 6.45) is 4.26. The fourth-order valence-electron chi connectivity index (χ4n) is 5.72. The van der Waals surface area contributed by atoms with E-state index < -0.39 is 12.3 Å². The van der Waals surface area contributed by atoms with E-state index in [0.717, 1.165) is 45.2 Å². The lowest BCUT2D eigenvalue weighted by atomic mass is 9.64. The number of carbonyl (C=O) groups is 1. The van der Waals surface area contributed by atoms with E-state index in [9.17, 15) is 14.3 Å². The van der Waals surface area contributed by atoms with Crippen LogP contribution < -0.4 is 0 Å². The molecule has 4 aliphatic rings. The van der Waals surface area contributed by atoms with Crippen LogP contribution >= 0.6 is 0 Å². The Kier molecular flexibility index (Phi) is 4.67. The Morgan fingerprint density at radius 2 is 1.88 bits per heavy atom. The van der Waals surface area contributed by atoms with Crippen molar-refractivity contribution >= 4 is 6.09 Å². The van der Waals surface area contributed by atoms with Gasteiger partial charge in [-0.1, -0.05) is 0 Å². The van der Waals surface area contributed by atoms with Crippen LogP contribution in [-0.2, 0) is 0 Å². The molecular formula is C18H30FN3O3. The highest BCUT2D eigenvalue weighted by Crippen LogP contribution is 2.50. The number of amides is 1. The van der Waals surface area contributed by atoms with Gasteiger partial charge in [-0.25, -0.2) is 9.18 Å². The summed E-state index contributed by atoms with van der Waals surface area (Å²) in [4.78, 5) is 17.4. The van der Waals surface area contributed by atoms with Crippen LogP contribution in [0.2, 0.25) is 0 Å². The van der Waals surface area contributed by atoms with E-state index in [-0.39, 0.29) is 18.1 Å². The number of carboxylic acid groups (broad SMARTS) is 1. The summed E-state index contributed by atoms with van der Waals surface area (Å²) >= 11 is 0. The molecule has 1 spiro atoms. The van der Waals surface area contributed by atoms with E-state index in [2.05, 4.69) is 9.80 Å². The standard InChI is InChI=1S/C18H30FN3O3/c19-13-7-15(11-23)22(10-13)14-1-4-20(5-2-14)16-8-18(9-16)3-6-21(12-18)17(24)25/h13-16,23H,1-12H2,(H,24,25)/t13-,15+,16?,18?/m0/s1. The molecule has 0 aromatic rings. The molecule has 3 saturated heterocycles. The van der Waals surface area contributed by atoms with Gasteiger partial charge in [0, 0.05) is 37.8 Å². The highest BCUT2D eigenvalue weighted by atomic mass is 19.1. The van der Waals surface area contributed by atoms with Crippen molar-refractivity contribution in [2.45, 2.75) is 62.8 Å². The minimum absolute atomic E-state index is 0.000914. The molecule has 3 heterocycles. The number of halogens is 1. The number of alkyl halides is 1. The van der Waals surface area contributed by atoms with Crippen LogP contribution in [0.3, 0.4) is 0 Å². The molecule has 2 atom stereocenters. The van der Waals surface area contributed by atoms with Crippen LogP contribution in [0.15, 0.2) is 0 Å². The number of hydrogen-bond acceptors (Lipinski definition) is 4. The molecule has 1 aliphatic carbocycles. The summed E-state index contributed by atoms with van der Waals surface area (Å²) in [6.45, 7) is 4.02. The van der Waals surface area contributed by atoms with Gasteiger partial charge in [-0.05, 0) is 57.0 Å². The van der Waals surface area contributed by atoms with Gasteiger partial charge in [0.1, 0.15) is 6.17 Å². The maximum absolute atomic E-state index is 13.7. The Morgan fingerprint density at radius 3 is 2.48 bits per heavy atom. The van der Waals surface area contributed by atoms with E-state index >= 15 is 0 Å². The Bertz CT molecular complexity index is 506. The van der Waals surface area contributed by atoms with Crippen molar-refractivity contribution in [1.82, 2.24) is 14.7 Å². The molecule has 4 rings (SSSR count). The zero-order chi connectivity index (χ0) is 17.6. The van der Waals surface area contributed by atoms with Gasteiger partial charge >= 0.3 is 6.09 Å². The van der Waals surface area contributed by atoms with E-state index in [1.54, 1.807) is 4.90 Å². The molecule has 0 aromatic heterocycles. The first-order valence-electron chi connectivity index (χ1n) is 9.72. The minimum Gasteiger partial charge on any atom is -0.465 e. The molecule has 7 heteroatoms. The van der Waals surface area contributed by atoms with Crippen molar-refractivity contribution in [2.75, 3.05) is 39.3 Å². The summed E-state index contributed by atoms with van der Waals surface area (Å²) in [5, 5.41) is 18.6. The molecule has 0 unspecified atom stereocenters. The number of likely N-dealkylation sites (tertiary alicyclic amines) is 3. The van der Waals surface area contributed by atoms with Crippen molar-refractivity contribution in [3.05, 3.63) is 0 Å².